The third kappa shape index (κ3) is 13.5. The van der Waals surface area contributed by atoms with Crippen molar-refractivity contribution >= 4 is 38.9 Å². The van der Waals surface area contributed by atoms with Gasteiger partial charge in [0.2, 0.25) is 0 Å². The van der Waals surface area contributed by atoms with E-state index in [1.165, 1.54) is 5.56 Å². The fourth-order valence-electron chi connectivity index (χ4n) is 7.17. The van der Waals surface area contributed by atoms with Crippen LogP contribution in [0.15, 0.2) is 97.1 Å². The van der Waals surface area contributed by atoms with Crippen LogP contribution in [0.5, 0.6) is 5.75 Å². The van der Waals surface area contributed by atoms with Crippen LogP contribution in [0.4, 0.5) is 105 Å². The monoisotopic (exact) mass is 1050 g/mol. The normalized spacial score (nSPS) is 13.6. The van der Waals surface area contributed by atoms with Gasteiger partial charge in [0.15, 0.2) is 0 Å². The molecule has 0 atom stereocenters. The van der Waals surface area contributed by atoms with Crippen molar-refractivity contribution < 1.29 is 110 Å². The van der Waals surface area contributed by atoms with Gasteiger partial charge in [-0.3, -0.25) is 0 Å². The minimum atomic E-state index is -6.13. The van der Waals surface area contributed by atoms with Crippen molar-refractivity contribution in [3.63, 3.8) is 0 Å². The Morgan fingerprint density at radius 1 is 0.348 bits per heavy atom. The molecule has 5 aromatic carbocycles. The highest BCUT2D eigenvalue weighted by Crippen LogP contribution is 2.41. The SMILES string of the molecule is COc1cccc(C[S+](C)C)c1.FC(F)(F)c1cc([B-](c2cc(C(F)(F)F)cc(C(F)(F)F)c2)(c2cc(C(F)(F)F)cc(C(F)(F)F)c2)c2cc(C(F)(F)F)cc(C(F)(F)F)c2)cc(C(F)(F)F)c1. The molecule has 27 heteroatoms. The van der Waals surface area contributed by atoms with Crippen molar-refractivity contribution in [2.45, 2.75) is 55.2 Å². The average molecular weight is 1050 g/mol. The Morgan fingerprint density at radius 3 is 0.739 bits per heavy atom. The van der Waals surface area contributed by atoms with Crippen molar-refractivity contribution in [2.75, 3.05) is 19.6 Å². The molecule has 0 aliphatic carbocycles. The predicted octanol–water partition coefficient (Wildman–Crippen LogP) is 13.3. The van der Waals surface area contributed by atoms with Gasteiger partial charge in [-0.1, -0.05) is 60.7 Å². The lowest BCUT2D eigenvalue weighted by atomic mass is 9.12. The lowest BCUT2D eigenvalue weighted by Crippen LogP contribution is -2.75. The quantitative estimate of drug-likeness (QED) is 0.0897. The van der Waals surface area contributed by atoms with Gasteiger partial charge in [-0.05, 0) is 47.3 Å². The number of methoxy groups -OCH3 is 1. The molecular formula is C42H27BF24OS. The summed E-state index contributed by atoms with van der Waals surface area (Å²) in [7, 11) is 2.17. The lowest BCUT2D eigenvalue weighted by Gasteiger charge is -2.46. The maximum atomic E-state index is 14.2. The first-order valence-electron chi connectivity index (χ1n) is 18.5. The fraction of sp³-hybridized carbons (Fsp3) is 0.286. The molecular weight excluding hydrogens is 1020 g/mol. The highest BCUT2D eigenvalue weighted by atomic mass is 32.2. The first kappa shape index (κ1) is 56.2. The molecule has 0 aromatic heterocycles. The van der Waals surface area contributed by atoms with E-state index in [2.05, 4.69) is 24.6 Å². The molecule has 0 aliphatic rings. The summed E-state index contributed by atoms with van der Waals surface area (Å²) in [6.45, 7) is 0. The van der Waals surface area contributed by atoms with Gasteiger partial charge in [0, 0.05) is 5.56 Å². The second-order valence-corrected chi connectivity index (χ2v) is 17.5. The fourth-order valence-corrected chi connectivity index (χ4v) is 8.01. The van der Waals surface area contributed by atoms with E-state index in [4.69, 9.17) is 4.74 Å². The van der Waals surface area contributed by atoms with Gasteiger partial charge in [-0.15, -0.1) is 0 Å². The molecule has 0 bridgehead atoms. The Bertz CT molecular complexity index is 2170. The summed E-state index contributed by atoms with van der Waals surface area (Å²) in [5, 5.41) is 0. The van der Waals surface area contributed by atoms with E-state index >= 15 is 0 Å². The highest BCUT2D eigenvalue weighted by molar-refractivity contribution is 7.94. The third-order valence-corrected chi connectivity index (χ3v) is 10.9. The Balaban J connectivity index is 0.000000750. The molecule has 0 fully saturated rings. The van der Waals surface area contributed by atoms with Crippen LogP contribution in [0.2, 0.25) is 0 Å². The molecule has 0 amide bonds. The lowest BCUT2D eigenvalue weighted by molar-refractivity contribution is -0.144. The Morgan fingerprint density at radius 2 is 0.565 bits per heavy atom. The Labute approximate surface area is 376 Å². The molecule has 0 N–H and O–H groups in total. The minimum absolute atomic E-state index is 0.468. The Hall–Kier alpha value is -5.37. The molecule has 69 heavy (non-hydrogen) atoms. The number of halogens is 24. The van der Waals surface area contributed by atoms with Gasteiger partial charge in [0.25, 0.3) is 0 Å². The third-order valence-electron chi connectivity index (χ3n) is 10.0. The zero-order valence-corrected chi connectivity index (χ0v) is 35.2. The standard InChI is InChI=1S/C32H12BF24.C10H15OS/c34-25(35,36)13-1-14(26(37,38)39)6-21(5-13)33(22-7-15(27(40,41)42)2-16(8-22)28(43,44)45,23-9-17(29(46,47)48)3-18(10-23)30(49,50)51)24-11-19(31(52,53)54)4-20(12-24)32(55,56)57;1-11-10-6-4-5-9(7-10)8-12(2)3/h1-12H;4-7H,8H2,1-3H3/q-1;+1. The van der Waals surface area contributed by atoms with E-state index < -0.39 is 195 Å². The maximum absolute atomic E-state index is 14.2. The van der Waals surface area contributed by atoms with E-state index in [9.17, 15) is 105 Å². The summed E-state index contributed by atoms with van der Waals surface area (Å²) in [6, 6.07) is -0.536. The zero-order valence-electron chi connectivity index (χ0n) is 34.4. The van der Waals surface area contributed by atoms with Crippen LogP contribution in [0.3, 0.4) is 0 Å². The minimum Gasteiger partial charge on any atom is -0.497 e. The first-order valence-corrected chi connectivity index (χ1v) is 20.7. The van der Waals surface area contributed by atoms with Crippen molar-refractivity contribution in [3.05, 3.63) is 147 Å². The second-order valence-electron chi connectivity index (χ2n) is 15.2. The number of ether oxygens (including phenoxy) is 1. The predicted molar refractivity (Wildman–Crippen MR) is 206 cm³/mol. The van der Waals surface area contributed by atoms with E-state index in [1.807, 2.05) is 12.1 Å². The number of hydrogen-bond acceptors (Lipinski definition) is 1. The number of rotatable bonds is 7. The largest absolute Gasteiger partial charge is 0.497 e. The van der Waals surface area contributed by atoms with Crippen LogP contribution < -0.4 is 26.6 Å². The topological polar surface area (TPSA) is 9.23 Å². The molecule has 0 saturated heterocycles. The first-order chi connectivity index (χ1) is 31.0. The average Bonchev–Trinajstić information content (AvgIpc) is 3.18. The van der Waals surface area contributed by atoms with Crippen LogP contribution in [0.25, 0.3) is 0 Å². The van der Waals surface area contributed by atoms with E-state index in [1.54, 1.807) is 7.11 Å². The second kappa shape index (κ2) is 19.1. The summed E-state index contributed by atoms with van der Waals surface area (Å²) >= 11 is 0. The summed E-state index contributed by atoms with van der Waals surface area (Å²) < 4.78 is 346. The van der Waals surface area contributed by atoms with Crippen LogP contribution >= 0.6 is 0 Å². The zero-order chi connectivity index (χ0) is 52.9. The van der Waals surface area contributed by atoms with E-state index in [0.29, 0.717) is 10.9 Å². The summed E-state index contributed by atoms with van der Waals surface area (Å²) in [4.78, 5) is 0. The van der Waals surface area contributed by atoms with Gasteiger partial charge in [0.05, 0.1) is 64.1 Å². The molecule has 0 spiro atoms. The maximum Gasteiger partial charge on any atom is 0.416 e. The van der Waals surface area contributed by atoms with Crippen LogP contribution in [-0.4, -0.2) is 25.8 Å². The molecule has 5 rings (SSSR count). The van der Waals surface area contributed by atoms with Gasteiger partial charge < -0.3 is 4.74 Å². The van der Waals surface area contributed by atoms with Gasteiger partial charge in [0.1, 0.15) is 17.6 Å². The van der Waals surface area contributed by atoms with Gasteiger partial charge in [-0.2, -0.15) is 127 Å². The number of hydrogen-bond donors (Lipinski definition) is 0. The smallest absolute Gasteiger partial charge is 0.416 e. The van der Waals surface area contributed by atoms with Gasteiger partial charge in [-0.25, -0.2) is 0 Å². The molecule has 5 aromatic rings. The molecule has 1 nitrogen and oxygen atoms in total. The van der Waals surface area contributed by atoms with E-state index in [0.717, 1.165) is 11.5 Å². The van der Waals surface area contributed by atoms with Crippen molar-refractivity contribution in [1.82, 2.24) is 0 Å². The molecule has 0 saturated carbocycles. The van der Waals surface area contributed by atoms with Crippen LogP contribution in [0, 0.1) is 0 Å². The molecule has 378 valence electrons. The molecule has 0 radical (unpaired) electrons. The number of benzene rings is 5. The van der Waals surface area contributed by atoms with Crippen molar-refractivity contribution in [3.8, 4) is 5.75 Å². The highest BCUT2D eigenvalue weighted by Gasteiger charge is 2.47. The molecule has 0 heterocycles. The molecule has 0 aliphatic heterocycles. The summed E-state index contributed by atoms with van der Waals surface area (Å²) in [5.74, 6) is 2.11. The van der Waals surface area contributed by atoms with E-state index in [-0.39, 0.29) is 0 Å². The molecule has 0 unspecified atom stereocenters. The van der Waals surface area contributed by atoms with Crippen molar-refractivity contribution in [1.29, 1.82) is 0 Å². The van der Waals surface area contributed by atoms with Gasteiger partial charge >= 0.3 is 49.4 Å². The summed E-state index contributed by atoms with van der Waals surface area (Å²) in [6.07, 6.45) is -50.3. The van der Waals surface area contributed by atoms with Crippen molar-refractivity contribution in [2.24, 2.45) is 0 Å². The van der Waals surface area contributed by atoms with Crippen LogP contribution in [-0.2, 0) is 66.1 Å². The summed E-state index contributed by atoms with van der Waals surface area (Å²) in [5.41, 5.74) is -28.8. The van der Waals surface area contributed by atoms with Crippen LogP contribution in [0.1, 0.15) is 50.1 Å². The Kier molecular flexibility index (Phi) is 15.6. The number of alkyl halides is 24.